The Kier molecular flexibility index (Phi) is 5.32. The van der Waals surface area contributed by atoms with Gasteiger partial charge in [0.25, 0.3) is 0 Å². The van der Waals surface area contributed by atoms with Crippen molar-refractivity contribution in [1.29, 1.82) is 0 Å². The summed E-state index contributed by atoms with van der Waals surface area (Å²) in [6.07, 6.45) is -0.0621. The number of likely N-dealkylation sites (N-methyl/N-ethyl adjacent to an activating group) is 1. The number of halogens is 1. The highest BCUT2D eigenvalue weighted by Crippen LogP contribution is 2.30. The molecule has 1 amide bonds. The summed E-state index contributed by atoms with van der Waals surface area (Å²) in [5.74, 6) is 0.320. The number of amides is 1. The van der Waals surface area contributed by atoms with Crippen molar-refractivity contribution in [3.63, 3.8) is 0 Å². The molecule has 2 aromatic rings. The monoisotopic (exact) mass is 395 g/mol. The van der Waals surface area contributed by atoms with Crippen LogP contribution in [0.2, 0.25) is 5.02 Å². The third-order valence-corrected chi connectivity index (χ3v) is 5.56. The second-order valence-corrected chi connectivity index (χ2v) is 8.20. The molecule has 1 fully saturated rings. The summed E-state index contributed by atoms with van der Waals surface area (Å²) in [7, 11) is 3.74. The van der Waals surface area contributed by atoms with Crippen LogP contribution in [0.1, 0.15) is 22.7 Å². The van der Waals surface area contributed by atoms with Crippen molar-refractivity contribution in [2.24, 2.45) is 0 Å². The quantitative estimate of drug-likeness (QED) is 0.598. The lowest BCUT2D eigenvalue weighted by Gasteiger charge is -2.52. The number of hydrogen-bond donors (Lipinski definition) is 1. The molecular weight excluding hydrogens is 376 g/mol. The van der Waals surface area contributed by atoms with E-state index in [1.54, 1.807) is 28.9 Å². The van der Waals surface area contributed by atoms with E-state index in [1.807, 2.05) is 38.4 Å². The third-order valence-electron chi connectivity index (χ3n) is 4.27. The smallest absolute Gasteiger partial charge is 0.334 e. The van der Waals surface area contributed by atoms with Crippen molar-refractivity contribution in [2.45, 2.75) is 23.1 Å². The standard InChI is InChI=1S/C18H19ClN2O4S/c1-21(2)10-13(9-17(22)23)20(21)18(24)16-8-5-14(25-16)11-26-15-6-3-12(19)4-7-15/h3-8,13H,9-11H2,1-2H3/p+1. The van der Waals surface area contributed by atoms with Gasteiger partial charge in [0.1, 0.15) is 18.3 Å². The van der Waals surface area contributed by atoms with Crippen molar-refractivity contribution in [3.05, 3.63) is 52.9 Å². The van der Waals surface area contributed by atoms with E-state index in [4.69, 9.17) is 21.1 Å². The maximum absolute atomic E-state index is 12.8. The minimum absolute atomic E-state index is 0.0621. The van der Waals surface area contributed by atoms with Crippen LogP contribution in [0.15, 0.2) is 45.7 Å². The van der Waals surface area contributed by atoms with Gasteiger partial charge in [0.2, 0.25) is 0 Å². The number of hydrogen-bond acceptors (Lipinski definition) is 4. The number of rotatable bonds is 6. The Hall–Kier alpha value is -1.96. The predicted octanol–water partition coefficient (Wildman–Crippen LogP) is 3.52. The molecule has 1 aromatic carbocycles. The van der Waals surface area contributed by atoms with Crippen LogP contribution in [0.4, 0.5) is 0 Å². The van der Waals surface area contributed by atoms with Gasteiger partial charge in [-0.1, -0.05) is 11.6 Å². The number of carboxylic acids is 1. The highest BCUT2D eigenvalue weighted by Gasteiger charge is 2.51. The molecule has 6 nitrogen and oxygen atoms in total. The van der Waals surface area contributed by atoms with E-state index in [9.17, 15) is 9.59 Å². The van der Waals surface area contributed by atoms with Gasteiger partial charge in [0, 0.05) is 9.92 Å². The fraction of sp³-hybridized carbons (Fsp3) is 0.333. The minimum Gasteiger partial charge on any atom is -0.481 e. The molecule has 0 spiro atoms. The fourth-order valence-corrected chi connectivity index (χ4v) is 4.08. The number of carboxylic acid groups (broad SMARTS) is 1. The normalized spacial score (nSPS) is 18.4. The first-order valence-electron chi connectivity index (χ1n) is 8.12. The third kappa shape index (κ3) is 4.06. The molecule has 0 radical (unpaired) electrons. The van der Waals surface area contributed by atoms with Gasteiger partial charge >= 0.3 is 11.9 Å². The van der Waals surface area contributed by atoms with E-state index >= 15 is 0 Å². The summed E-state index contributed by atoms with van der Waals surface area (Å²) in [6, 6.07) is 10.6. The molecule has 0 bridgehead atoms. The zero-order valence-electron chi connectivity index (χ0n) is 14.5. The Bertz CT molecular complexity index is 819. The zero-order valence-corrected chi connectivity index (χ0v) is 16.1. The molecule has 1 N–H and O–H groups in total. The van der Waals surface area contributed by atoms with Crippen LogP contribution in [0.25, 0.3) is 0 Å². The number of carbonyl (C=O) groups is 2. The summed E-state index contributed by atoms with van der Waals surface area (Å²) in [4.78, 5) is 24.8. The van der Waals surface area contributed by atoms with Gasteiger partial charge in [-0.25, -0.2) is 4.59 Å². The van der Waals surface area contributed by atoms with E-state index in [2.05, 4.69) is 0 Å². The molecule has 1 atom stereocenters. The molecule has 0 aliphatic carbocycles. The Morgan fingerprint density at radius 3 is 2.58 bits per heavy atom. The first-order valence-corrected chi connectivity index (χ1v) is 9.48. The Morgan fingerprint density at radius 2 is 1.96 bits per heavy atom. The molecule has 8 heteroatoms. The number of furan rings is 1. The predicted molar refractivity (Wildman–Crippen MR) is 98.9 cm³/mol. The fourth-order valence-electron chi connectivity index (χ4n) is 3.16. The minimum atomic E-state index is -0.910. The molecule has 26 heavy (non-hydrogen) atoms. The molecule has 2 heterocycles. The molecule has 1 saturated heterocycles. The number of benzene rings is 1. The molecule has 1 unspecified atom stereocenters. The number of carbonyl (C=O) groups excluding carboxylic acids is 1. The van der Waals surface area contributed by atoms with E-state index in [-0.39, 0.29) is 24.1 Å². The molecule has 1 aliphatic heterocycles. The van der Waals surface area contributed by atoms with Gasteiger partial charge in [0.15, 0.2) is 5.76 Å². The van der Waals surface area contributed by atoms with Crippen molar-refractivity contribution < 1.29 is 23.7 Å². The van der Waals surface area contributed by atoms with Gasteiger partial charge in [-0.05, 0) is 36.4 Å². The van der Waals surface area contributed by atoms with Gasteiger partial charge in [-0.3, -0.25) is 9.59 Å². The van der Waals surface area contributed by atoms with Crippen LogP contribution in [0.3, 0.4) is 0 Å². The summed E-state index contributed by atoms with van der Waals surface area (Å²) >= 11 is 7.46. The highest BCUT2D eigenvalue weighted by molar-refractivity contribution is 7.98. The van der Waals surface area contributed by atoms with Crippen LogP contribution in [0.5, 0.6) is 0 Å². The van der Waals surface area contributed by atoms with Crippen molar-refractivity contribution in [2.75, 3.05) is 20.6 Å². The second-order valence-electron chi connectivity index (χ2n) is 6.71. The summed E-state index contributed by atoms with van der Waals surface area (Å²) in [5.41, 5.74) is 0. The Morgan fingerprint density at radius 1 is 1.27 bits per heavy atom. The first kappa shape index (κ1) is 18.8. The lowest BCUT2D eigenvalue weighted by Crippen LogP contribution is -2.75. The van der Waals surface area contributed by atoms with Crippen LogP contribution >= 0.6 is 23.4 Å². The molecule has 1 aromatic heterocycles. The van der Waals surface area contributed by atoms with E-state index in [0.717, 1.165) is 4.90 Å². The maximum Gasteiger partial charge on any atom is 0.334 e. The van der Waals surface area contributed by atoms with Crippen LogP contribution in [-0.2, 0) is 10.5 Å². The first-order chi connectivity index (χ1) is 12.3. The Labute approximate surface area is 160 Å². The lowest BCUT2D eigenvalue weighted by molar-refractivity contribution is -1.04. The number of thioether (sulfide) groups is 1. The van der Waals surface area contributed by atoms with Crippen molar-refractivity contribution in [1.82, 2.24) is 5.01 Å². The van der Waals surface area contributed by atoms with Gasteiger partial charge < -0.3 is 9.52 Å². The largest absolute Gasteiger partial charge is 0.481 e. The SMILES string of the molecule is C[N+]1(C)CC(CC(=O)O)N1C(=O)c1ccc(CSc2ccc(Cl)cc2)o1. The van der Waals surface area contributed by atoms with Crippen LogP contribution in [-0.4, -0.2) is 53.3 Å². The molecular formula is C18H20ClN2O4S+. The number of nitrogens with zero attached hydrogens (tertiary/aromatic N) is 2. The molecule has 1 aliphatic rings. The summed E-state index contributed by atoms with van der Waals surface area (Å²) in [5, 5.41) is 11.3. The van der Waals surface area contributed by atoms with Gasteiger partial charge in [-0.2, -0.15) is 5.01 Å². The van der Waals surface area contributed by atoms with Crippen LogP contribution < -0.4 is 0 Å². The highest BCUT2D eigenvalue weighted by atomic mass is 35.5. The van der Waals surface area contributed by atoms with Gasteiger partial charge in [-0.15, -0.1) is 11.8 Å². The lowest BCUT2D eigenvalue weighted by atomic mass is 10.1. The van der Waals surface area contributed by atoms with Crippen molar-refractivity contribution in [3.8, 4) is 0 Å². The molecule has 138 valence electrons. The Balaban J connectivity index is 1.65. The molecule has 3 rings (SSSR count). The maximum atomic E-state index is 12.8. The summed E-state index contributed by atoms with van der Waals surface area (Å²) in [6.45, 7) is 0.609. The molecule has 0 saturated carbocycles. The average molecular weight is 396 g/mol. The van der Waals surface area contributed by atoms with Gasteiger partial charge in [0.05, 0.1) is 26.3 Å². The van der Waals surface area contributed by atoms with E-state index < -0.39 is 5.97 Å². The number of quaternary nitrogens is 1. The van der Waals surface area contributed by atoms with Crippen LogP contribution in [0, 0.1) is 0 Å². The second kappa shape index (κ2) is 7.34. The average Bonchev–Trinajstić information content (AvgIpc) is 3.02. The van der Waals surface area contributed by atoms with E-state index in [0.29, 0.717) is 27.7 Å². The van der Waals surface area contributed by atoms with E-state index in [1.165, 1.54) is 0 Å². The van der Waals surface area contributed by atoms with Crippen molar-refractivity contribution >= 4 is 35.2 Å². The zero-order chi connectivity index (χ0) is 18.9. The topological polar surface area (TPSA) is 70.8 Å². The number of aliphatic carboxylic acids is 1. The summed E-state index contributed by atoms with van der Waals surface area (Å²) < 4.78 is 6.02.